The zero-order chi connectivity index (χ0) is 18.1. The van der Waals surface area contributed by atoms with Crippen molar-refractivity contribution in [1.29, 1.82) is 0 Å². The lowest BCUT2D eigenvalue weighted by Gasteiger charge is -2.24. The summed E-state index contributed by atoms with van der Waals surface area (Å²) in [6.07, 6.45) is 1.76. The Kier molecular flexibility index (Phi) is 7.48. The van der Waals surface area contributed by atoms with Crippen molar-refractivity contribution in [2.24, 2.45) is 0 Å². The number of hydrogen-bond donors (Lipinski definition) is 0. The van der Waals surface area contributed by atoms with Crippen molar-refractivity contribution in [2.45, 2.75) is 25.8 Å². The van der Waals surface area contributed by atoms with E-state index < -0.39 is 0 Å². The summed E-state index contributed by atoms with van der Waals surface area (Å²) < 4.78 is 11.1. The Bertz CT molecular complexity index is 655. The number of likely N-dealkylation sites (N-methyl/N-ethyl adjacent to an activating group) is 1. The molecule has 0 spiro atoms. The molecule has 0 heterocycles. The van der Waals surface area contributed by atoms with E-state index in [0.717, 1.165) is 12.8 Å². The van der Waals surface area contributed by atoms with Crippen LogP contribution >= 0.6 is 0 Å². The Labute approximate surface area is 150 Å². The largest absolute Gasteiger partial charge is 0.494 e. The second kappa shape index (κ2) is 9.84. The van der Waals surface area contributed by atoms with E-state index >= 15 is 0 Å². The number of hydrogen-bond acceptors (Lipinski definition) is 4. The molecule has 2 aromatic rings. The summed E-state index contributed by atoms with van der Waals surface area (Å²) in [6.45, 7) is 3.03. The van der Waals surface area contributed by atoms with Gasteiger partial charge in [-0.25, -0.2) is 4.79 Å². The minimum Gasteiger partial charge on any atom is -0.494 e. The highest BCUT2D eigenvalue weighted by molar-refractivity contribution is 5.89. The molecule has 0 aliphatic rings. The molecule has 0 N–H and O–H groups in total. The van der Waals surface area contributed by atoms with Crippen molar-refractivity contribution < 1.29 is 14.3 Å². The molecule has 1 atom stereocenters. The lowest BCUT2D eigenvalue weighted by atomic mass is 10.1. The van der Waals surface area contributed by atoms with Crippen LogP contribution in [0, 0.1) is 0 Å². The van der Waals surface area contributed by atoms with E-state index in [9.17, 15) is 4.79 Å². The molecule has 0 saturated heterocycles. The van der Waals surface area contributed by atoms with Gasteiger partial charge in [0.05, 0.1) is 12.2 Å². The van der Waals surface area contributed by atoms with Gasteiger partial charge in [0.2, 0.25) is 0 Å². The Morgan fingerprint density at radius 3 is 2.52 bits per heavy atom. The van der Waals surface area contributed by atoms with Crippen LogP contribution in [0.25, 0.3) is 0 Å². The molecule has 0 aromatic heterocycles. The second-order valence-electron chi connectivity index (χ2n) is 6.28. The number of rotatable bonds is 9. The van der Waals surface area contributed by atoms with Gasteiger partial charge in [-0.15, -0.1) is 0 Å². The third kappa shape index (κ3) is 6.24. The molecular formula is C21H27NO3. The Hall–Kier alpha value is -2.33. The molecule has 4 heteroatoms. The van der Waals surface area contributed by atoms with Crippen molar-refractivity contribution in [1.82, 2.24) is 4.90 Å². The van der Waals surface area contributed by atoms with Crippen molar-refractivity contribution >= 4 is 5.97 Å². The number of carbonyl (C=O) groups excluding carboxylic acids is 1. The monoisotopic (exact) mass is 341 g/mol. The third-order valence-corrected chi connectivity index (χ3v) is 3.99. The first-order chi connectivity index (χ1) is 12.1. The fourth-order valence-corrected chi connectivity index (χ4v) is 2.46. The van der Waals surface area contributed by atoms with Crippen LogP contribution in [0.2, 0.25) is 0 Å². The van der Waals surface area contributed by atoms with Gasteiger partial charge in [-0.3, -0.25) is 0 Å². The highest BCUT2D eigenvalue weighted by atomic mass is 16.5. The van der Waals surface area contributed by atoms with Crippen molar-refractivity contribution in [2.75, 3.05) is 27.3 Å². The van der Waals surface area contributed by atoms with E-state index in [1.165, 1.54) is 5.56 Å². The van der Waals surface area contributed by atoms with E-state index in [1.54, 1.807) is 12.1 Å². The summed E-state index contributed by atoms with van der Waals surface area (Å²) in [7, 11) is 4.00. The summed E-state index contributed by atoms with van der Waals surface area (Å²) in [5.41, 5.74) is 1.75. The maximum atomic E-state index is 12.4. The lowest BCUT2D eigenvalue weighted by Crippen LogP contribution is -2.35. The SMILES string of the molecule is CCCOc1cccc(C(=O)OC[C@H](Cc2ccccc2)N(C)C)c1. The van der Waals surface area contributed by atoms with Gasteiger partial charge in [0.1, 0.15) is 12.4 Å². The molecule has 0 amide bonds. The predicted octanol–water partition coefficient (Wildman–Crippen LogP) is 3.81. The van der Waals surface area contributed by atoms with Crippen LogP contribution in [0.4, 0.5) is 0 Å². The fraction of sp³-hybridized carbons (Fsp3) is 0.381. The Morgan fingerprint density at radius 1 is 1.08 bits per heavy atom. The number of benzene rings is 2. The first-order valence-electron chi connectivity index (χ1n) is 8.70. The van der Waals surface area contributed by atoms with Gasteiger partial charge >= 0.3 is 5.97 Å². The van der Waals surface area contributed by atoms with Crippen molar-refractivity contribution in [3.05, 3.63) is 65.7 Å². The quantitative estimate of drug-likeness (QED) is 0.650. The summed E-state index contributed by atoms with van der Waals surface area (Å²) in [6, 6.07) is 17.5. The number of ether oxygens (including phenoxy) is 2. The normalized spacial score (nSPS) is 12.0. The van der Waals surface area contributed by atoms with Gasteiger partial charge in [-0.05, 0) is 50.7 Å². The number of esters is 1. The molecule has 2 aromatic carbocycles. The maximum Gasteiger partial charge on any atom is 0.338 e. The molecule has 0 aliphatic heterocycles. The lowest BCUT2D eigenvalue weighted by molar-refractivity contribution is 0.0400. The molecular weight excluding hydrogens is 314 g/mol. The zero-order valence-electron chi connectivity index (χ0n) is 15.3. The number of nitrogens with zero attached hydrogens (tertiary/aromatic N) is 1. The van der Waals surface area contributed by atoms with Crippen molar-refractivity contribution in [3.63, 3.8) is 0 Å². The molecule has 2 rings (SSSR count). The average molecular weight is 341 g/mol. The first kappa shape index (κ1) is 19.0. The van der Waals surface area contributed by atoms with Gasteiger partial charge < -0.3 is 14.4 Å². The molecule has 0 saturated carbocycles. The summed E-state index contributed by atoms with van der Waals surface area (Å²) in [5, 5.41) is 0. The summed E-state index contributed by atoms with van der Waals surface area (Å²) in [4.78, 5) is 14.4. The molecule has 25 heavy (non-hydrogen) atoms. The minimum absolute atomic E-state index is 0.130. The van der Waals surface area contributed by atoms with E-state index in [-0.39, 0.29) is 12.0 Å². The third-order valence-electron chi connectivity index (χ3n) is 3.99. The highest BCUT2D eigenvalue weighted by Crippen LogP contribution is 2.15. The molecule has 0 bridgehead atoms. The summed E-state index contributed by atoms with van der Waals surface area (Å²) in [5.74, 6) is 0.381. The van der Waals surface area contributed by atoms with Gasteiger partial charge in [0, 0.05) is 6.04 Å². The average Bonchev–Trinajstić information content (AvgIpc) is 2.64. The summed E-state index contributed by atoms with van der Waals surface area (Å²) >= 11 is 0. The highest BCUT2D eigenvalue weighted by Gasteiger charge is 2.16. The van der Waals surface area contributed by atoms with Crippen molar-refractivity contribution in [3.8, 4) is 5.75 Å². The standard InChI is InChI=1S/C21H27NO3/c1-4-13-24-20-12-8-11-18(15-20)21(23)25-16-19(22(2)3)14-17-9-6-5-7-10-17/h5-12,15,19H,4,13-14,16H2,1-3H3/t19-/m0/s1. The second-order valence-corrected chi connectivity index (χ2v) is 6.28. The number of carbonyl (C=O) groups is 1. The molecule has 0 radical (unpaired) electrons. The Balaban J connectivity index is 1.94. The van der Waals surface area contributed by atoms with Crippen LogP contribution in [-0.2, 0) is 11.2 Å². The van der Waals surface area contributed by atoms with Gasteiger partial charge in [0.25, 0.3) is 0 Å². The molecule has 0 unspecified atom stereocenters. The van der Waals surface area contributed by atoms with Gasteiger partial charge in [-0.2, -0.15) is 0 Å². The van der Waals surface area contributed by atoms with Crippen LogP contribution < -0.4 is 4.74 Å². The molecule has 134 valence electrons. The minimum atomic E-state index is -0.318. The van der Waals surface area contributed by atoms with Crippen LogP contribution in [0.1, 0.15) is 29.3 Å². The Morgan fingerprint density at radius 2 is 1.84 bits per heavy atom. The fourth-order valence-electron chi connectivity index (χ4n) is 2.46. The maximum absolute atomic E-state index is 12.4. The van der Waals surface area contributed by atoms with Crippen LogP contribution in [0.3, 0.4) is 0 Å². The predicted molar refractivity (Wildman–Crippen MR) is 100 cm³/mol. The van der Waals surface area contributed by atoms with Gasteiger partial charge in [0.15, 0.2) is 0 Å². The van der Waals surface area contributed by atoms with E-state index in [4.69, 9.17) is 9.47 Å². The topological polar surface area (TPSA) is 38.8 Å². The van der Waals surface area contributed by atoms with E-state index in [1.807, 2.05) is 51.4 Å². The molecule has 4 nitrogen and oxygen atoms in total. The van der Waals surface area contributed by atoms with Crippen LogP contribution in [0.15, 0.2) is 54.6 Å². The van der Waals surface area contributed by atoms with Crippen LogP contribution in [0.5, 0.6) is 5.75 Å². The van der Waals surface area contributed by atoms with E-state index in [2.05, 4.69) is 17.0 Å². The zero-order valence-corrected chi connectivity index (χ0v) is 15.3. The smallest absolute Gasteiger partial charge is 0.338 e. The molecule has 0 fully saturated rings. The van der Waals surface area contributed by atoms with Crippen LogP contribution in [-0.4, -0.2) is 44.2 Å². The molecule has 0 aliphatic carbocycles. The van der Waals surface area contributed by atoms with Gasteiger partial charge in [-0.1, -0.05) is 43.3 Å². The van der Waals surface area contributed by atoms with E-state index in [0.29, 0.717) is 24.5 Å². The first-order valence-corrected chi connectivity index (χ1v) is 8.70.